The fourth-order valence-corrected chi connectivity index (χ4v) is 2.57. The zero-order valence-corrected chi connectivity index (χ0v) is 9.44. The van der Waals surface area contributed by atoms with Gasteiger partial charge in [-0.1, -0.05) is 6.92 Å². The Morgan fingerprint density at radius 1 is 1.54 bits per heavy atom. The molecule has 0 spiro atoms. The van der Waals surface area contributed by atoms with Crippen LogP contribution in [0.4, 0.5) is 0 Å². The summed E-state index contributed by atoms with van der Waals surface area (Å²) in [5, 5.41) is 13.2. The van der Waals surface area contributed by atoms with Crippen LogP contribution in [0.1, 0.15) is 26.2 Å². The summed E-state index contributed by atoms with van der Waals surface area (Å²) in [4.78, 5) is 0. The molecule has 0 aromatic heterocycles. The minimum Gasteiger partial charge on any atom is -0.396 e. The Bertz CT molecular complexity index is 143. The highest BCUT2D eigenvalue weighted by Crippen LogP contribution is 2.28. The molecule has 1 rings (SSSR count). The fourth-order valence-electron chi connectivity index (χ4n) is 1.77. The van der Waals surface area contributed by atoms with E-state index >= 15 is 0 Å². The summed E-state index contributed by atoms with van der Waals surface area (Å²) in [6.45, 7) is 3.34. The Labute approximate surface area is 85.5 Å². The van der Waals surface area contributed by atoms with Gasteiger partial charge in [0.25, 0.3) is 0 Å². The van der Waals surface area contributed by atoms with E-state index in [9.17, 15) is 0 Å². The van der Waals surface area contributed by atoms with Crippen LogP contribution in [0.15, 0.2) is 0 Å². The van der Waals surface area contributed by atoms with Crippen LogP contribution >= 0.6 is 11.8 Å². The number of thioether (sulfide) groups is 1. The summed E-state index contributed by atoms with van der Waals surface area (Å²) < 4.78 is 0. The molecule has 0 heterocycles. The first kappa shape index (κ1) is 11.3. The molecule has 0 aliphatic heterocycles. The lowest BCUT2D eigenvalue weighted by Gasteiger charge is -2.15. The summed E-state index contributed by atoms with van der Waals surface area (Å²) in [5.74, 6) is 0.397. The van der Waals surface area contributed by atoms with Gasteiger partial charge in [0.1, 0.15) is 0 Å². The van der Waals surface area contributed by atoms with Gasteiger partial charge < -0.3 is 10.4 Å². The van der Waals surface area contributed by atoms with Crippen molar-refractivity contribution in [1.82, 2.24) is 5.32 Å². The summed E-state index contributed by atoms with van der Waals surface area (Å²) in [5.41, 5.74) is 0. The first-order chi connectivity index (χ1) is 6.26. The van der Waals surface area contributed by atoms with E-state index in [1.54, 1.807) is 0 Å². The molecule has 0 bridgehead atoms. The maximum atomic E-state index is 8.86. The van der Waals surface area contributed by atoms with Gasteiger partial charge in [-0.25, -0.2) is 0 Å². The Morgan fingerprint density at radius 3 is 2.85 bits per heavy atom. The maximum Gasteiger partial charge on any atom is 0.0468 e. The minimum absolute atomic E-state index is 0.297. The lowest BCUT2D eigenvalue weighted by Crippen LogP contribution is -2.31. The van der Waals surface area contributed by atoms with E-state index in [0.717, 1.165) is 11.8 Å². The topological polar surface area (TPSA) is 32.3 Å². The third-order valence-corrected chi connectivity index (χ3v) is 3.88. The van der Waals surface area contributed by atoms with Gasteiger partial charge in [0, 0.05) is 24.4 Å². The second-order valence-corrected chi connectivity index (χ2v) is 5.20. The molecular formula is C10H21NOS. The van der Waals surface area contributed by atoms with Crippen LogP contribution in [-0.4, -0.2) is 35.8 Å². The predicted octanol–water partition coefficient (Wildman–Crippen LogP) is 1.49. The Kier molecular flexibility index (Phi) is 5.14. The molecule has 0 radical (unpaired) electrons. The zero-order valence-electron chi connectivity index (χ0n) is 8.62. The van der Waals surface area contributed by atoms with Crippen molar-refractivity contribution in [3.8, 4) is 0 Å². The molecule has 3 heteroatoms. The van der Waals surface area contributed by atoms with Crippen LogP contribution in [0.25, 0.3) is 0 Å². The van der Waals surface area contributed by atoms with Crippen LogP contribution < -0.4 is 5.32 Å². The number of nitrogens with one attached hydrogen (secondary N) is 1. The van der Waals surface area contributed by atoms with Crippen LogP contribution in [0, 0.1) is 5.92 Å². The summed E-state index contributed by atoms with van der Waals surface area (Å²) in [7, 11) is 0. The number of aliphatic hydroxyl groups is 1. The second-order valence-electron chi connectivity index (χ2n) is 4.06. The largest absolute Gasteiger partial charge is 0.396 e. The molecule has 1 aliphatic carbocycles. The Balaban J connectivity index is 2.10. The highest BCUT2D eigenvalue weighted by Gasteiger charge is 2.23. The van der Waals surface area contributed by atoms with Gasteiger partial charge in [0.15, 0.2) is 0 Å². The van der Waals surface area contributed by atoms with E-state index in [0.29, 0.717) is 18.6 Å². The highest BCUT2D eigenvalue weighted by molar-refractivity contribution is 7.99. The van der Waals surface area contributed by atoms with Crippen molar-refractivity contribution in [1.29, 1.82) is 0 Å². The van der Waals surface area contributed by atoms with Gasteiger partial charge in [-0.15, -0.1) is 0 Å². The number of aliphatic hydroxyl groups excluding tert-OH is 1. The predicted molar refractivity (Wildman–Crippen MR) is 59.2 cm³/mol. The van der Waals surface area contributed by atoms with E-state index in [1.165, 1.54) is 19.3 Å². The molecule has 78 valence electrons. The quantitative estimate of drug-likeness (QED) is 0.710. The smallest absolute Gasteiger partial charge is 0.0468 e. The van der Waals surface area contributed by atoms with E-state index in [2.05, 4.69) is 18.5 Å². The molecule has 1 fully saturated rings. The van der Waals surface area contributed by atoms with Crippen molar-refractivity contribution in [2.45, 2.75) is 37.5 Å². The average Bonchev–Trinajstić information content (AvgIpc) is 2.61. The first-order valence-electron chi connectivity index (χ1n) is 5.13. The van der Waals surface area contributed by atoms with Gasteiger partial charge in [-0.2, -0.15) is 11.8 Å². The SMILES string of the molecule is CSC1CCC(NCC(C)CO)C1. The summed E-state index contributed by atoms with van der Waals surface area (Å²) in [6.07, 6.45) is 6.17. The fraction of sp³-hybridized carbons (Fsp3) is 1.00. The van der Waals surface area contributed by atoms with E-state index in [4.69, 9.17) is 5.11 Å². The first-order valence-corrected chi connectivity index (χ1v) is 6.42. The van der Waals surface area contributed by atoms with Gasteiger partial charge >= 0.3 is 0 Å². The zero-order chi connectivity index (χ0) is 9.68. The molecule has 0 saturated heterocycles. The van der Waals surface area contributed by atoms with E-state index in [-0.39, 0.29) is 0 Å². The molecule has 13 heavy (non-hydrogen) atoms. The number of rotatable bonds is 5. The van der Waals surface area contributed by atoms with Gasteiger partial charge in [0.05, 0.1) is 0 Å². The summed E-state index contributed by atoms with van der Waals surface area (Å²) in [6, 6.07) is 0.700. The Morgan fingerprint density at radius 2 is 2.31 bits per heavy atom. The molecule has 2 nitrogen and oxygen atoms in total. The highest BCUT2D eigenvalue weighted by atomic mass is 32.2. The molecule has 0 aromatic rings. The van der Waals surface area contributed by atoms with Crippen LogP contribution in [0.5, 0.6) is 0 Å². The van der Waals surface area contributed by atoms with Crippen LogP contribution in [-0.2, 0) is 0 Å². The van der Waals surface area contributed by atoms with Crippen molar-refractivity contribution in [2.24, 2.45) is 5.92 Å². The lowest BCUT2D eigenvalue weighted by atomic mass is 10.1. The second kappa shape index (κ2) is 5.89. The van der Waals surface area contributed by atoms with Crippen molar-refractivity contribution >= 4 is 11.8 Å². The third-order valence-electron chi connectivity index (χ3n) is 2.78. The van der Waals surface area contributed by atoms with Gasteiger partial charge in [-0.05, 0) is 31.4 Å². The van der Waals surface area contributed by atoms with Gasteiger partial charge in [0.2, 0.25) is 0 Å². The molecule has 1 saturated carbocycles. The normalized spacial score (nSPS) is 30.7. The standard InChI is InChI=1S/C10H21NOS/c1-8(7-12)6-11-9-3-4-10(5-9)13-2/h8-12H,3-7H2,1-2H3. The molecular weight excluding hydrogens is 182 g/mol. The van der Waals surface area contributed by atoms with Gasteiger partial charge in [-0.3, -0.25) is 0 Å². The molecule has 0 aromatic carbocycles. The molecule has 3 atom stereocenters. The van der Waals surface area contributed by atoms with Crippen LogP contribution in [0.2, 0.25) is 0 Å². The van der Waals surface area contributed by atoms with Crippen molar-refractivity contribution in [2.75, 3.05) is 19.4 Å². The van der Waals surface area contributed by atoms with Crippen LogP contribution in [0.3, 0.4) is 0 Å². The minimum atomic E-state index is 0.297. The van der Waals surface area contributed by atoms with Crippen molar-refractivity contribution in [3.63, 3.8) is 0 Å². The average molecular weight is 203 g/mol. The van der Waals surface area contributed by atoms with Crippen molar-refractivity contribution in [3.05, 3.63) is 0 Å². The maximum absolute atomic E-state index is 8.86. The van der Waals surface area contributed by atoms with E-state index in [1.807, 2.05) is 11.8 Å². The molecule has 1 aliphatic rings. The summed E-state index contributed by atoms with van der Waals surface area (Å²) >= 11 is 1.99. The lowest BCUT2D eigenvalue weighted by molar-refractivity contribution is 0.230. The monoisotopic (exact) mass is 203 g/mol. The number of hydrogen-bond donors (Lipinski definition) is 2. The number of hydrogen-bond acceptors (Lipinski definition) is 3. The third kappa shape index (κ3) is 3.88. The Hall–Kier alpha value is 0.270. The molecule has 3 unspecified atom stereocenters. The molecule has 2 N–H and O–H groups in total. The van der Waals surface area contributed by atoms with Crippen molar-refractivity contribution < 1.29 is 5.11 Å². The molecule has 0 amide bonds. The van der Waals surface area contributed by atoms with E-state index < -0.39 is 0 Å².